The molecule has 7 heteroatoms. The Hall–Kier alpha value is -1.47. The lowest BCUT2D eigenvalue weighted by molar-refractivity contribution is 0.348. The van der Waals surface area contributed by atoms with Crippen molar-refractivity contribution < 1.29 is 26.6 Å². The van der Waals surface area contributed by atoms with Gasteiger partial charge in [0.05, 0.1) is 14.2 Å². The Bertz CT molecular complexity index is 438. The van der Waals surface area contributed by atoms with Gasteiger partial charge in [0.15, 0.2) is 11.5 Å². The van der Waals surface area contributed by atoms with Crippen LogP contribution in [0.1, 0.15) is 0 Å². The summed E-state index contributed by atoms with van der Waals surface area (Å²) in [6.45, 7) is 0. The van der Waals surface area contributed by atoms with Crippen LogP contribution in [0.5, 0.6) is 17.2 Å². The smallest absolute Gasteiger partial charge is 0.262 e. The highest BCUT2D eigenvalue weighted by Gasteiger charge is 2.08. The summed E-state index contributed by atoms with van der Waals surface area (Å²) in [5.74, 6) is 0.393. The number of hydrogen-bond donors (Lipinski definition) is 0. The van der Waals surface area contributed by atoms with Crippen molar-refractivity contribution in [2.75, 3.05) is 14.2 Å². The molecule has 1 aromatic rings. The quantitative estimate of drug-likeness (QED) is 0.557. The predicted molar refractivity (Wildman–Crippen MR) is 49.9 cm³/mol. The molecule has 0 fully saturated rings. The van der Waals surface area contributed by atoms with Crippen LogP contribution in [0.25, 0.3) is 0 Å². The van der Waals surface area contributed by atoms with Gasteiger partial charge in [-0.05, 0) is 12.1 Å². The predicted octanol–water partition coefficient (Wildman–Crippen LogP) is 0.543. The summed E-state index contributed by atoms with van der Waals surface area (Å²) in [6.07, 6.45) is 0. The van der Waals surface area contributed by atoms with Gasteiger partial charge in [-0.2, -0.15) is 0 Å². The van der Waals surface area contributed by atoms with E-state index in [1.807, 2.05) is 0 Å². The van der Waals surface area contributed by atoms with Crippen LogP contribution in [0.15, 0.2) is 18.2 Å². The molecule has 0 heterocycles. The van der Waals surface area contributed by atoms with Crippen LogP contribution in [-0.4, -0.2) is 27.2 Å². The first-order valence-corrected chi connectivity index (χ1v) is 5.17. The summed E-state index contributed by atoms with van der Waals surface area (Å²) in [5, 5.41) is 0. The molecule has 0 spiro atoms. The van der Waals surface area contributed by atoms with Crippen LogP contribution in [0.3, 0.4) is 0 Å². The minimum absolute atomic E-state index is 0.105. The van der Waals surface area contributed by atoms with E-state index in [9.17, 15) is 13.0 Å². The Kier molecular flexibility index (Phi) is 3.38. The molecule has 0 aromatic heterocycles. The normalized spacial score (nSPS) is 10.9. The fraction of sp³-hybridized carbons (Fsp3) is 0.250. The van der Waals surface area contributed by atoms with Crippen molar-refractivity contribution in [3.05, 3.63) is 18.2 Å². The first kappa shape index (κ1) is 11.6. The summed E-state index contributed by atoms with van der Waals surface area (Å²) in [6, 6.07) is 4.12. The summed E-state index contributed by atoms with van der Waals surface area (Å²) >= 11 is 0. The summed E-state index contributed by atoms with van der Waals surface area (Å²) in [4.78, 5) is 0. The average Bonchev–Trinajstić information content (AvgIpc) is 2.16. The van der Waals surface area contributed by atoms with Crippen molar-refractivity contribution in [2.24, 2.45) is 0 Å². The van der Waals surface area contributed by atoms with Crippen molar-refractivity contribution in [1.29, 1.82) is 0 Å². The second-order valence-corrected chi connectivity index (χ2v) is 3.49. The molecule has 1 rings (SSSR count). The van der Waals surface area contributed by atoms with Crippen molar-refractivity contribution >= 4 is 10.4 Å². The Balaban J connectivity index is 3.08. The zero-order valence-corrected chi connectivity index (χ0v) is 8.91. The lowest BCUT2D eigenvalue weighted by Crippen LogP contribution is -2.08. The van der Waals surface area contributed by atoms with E-state index in [2.05, 4.69) is 4.18 Å². The maximum absolute atomic E-state index is 10.4. The van der Waals surface area contributed by atoms with E-state index in [1.165, 1.54) is 32.4 Å². The van der Waals surface area contributed by atoms with Crippen LogP contribution < -0.4 is 13.7 Å². The van der Waals surface area contributed by atoms with Crippen LogP contribution in [-0.2, 0) is 10.4 Å². The van der Waals surface area contributed by atoms with Crippen LogP contribution >= 0.6 is 0 Å². The first-order chi connectivity index (χ1) is 6.96. The van der Waals surface area contributed by atoms with Gasteiger partial charge in [0.25, 0.3) is 10.4 Å². The van der Waals surface area contributed by atoms with E-state index in [0.717, 1.165) is 0 Å². The van der Waals surface area contributed by atoms with E-state index >= 15 is 0 Å². The molecule has 1 aromatic carbocycles. The Morgan fingerprint density at radius 2 is 1.80 bits per heavy atom. The molecule has 0 unspecified atom stereocenters. The van der Waals surface area contributed by atoms with Gasteiger partial charge in [0.1, 0.15) is 5.75 Å². The first-order valence-electron chi connectivity index (χ1n) is 3.83. The van der Waals surface area contributed by atoms with Gasteiger partial charge < -0.3 is 18.2 Å². The maximum Gasteiger partial charge on any atom is 0.262 e. The van der Waals surface area contributed by atoms with Gasteiger partial charge in [-0.15, -0.1) is 0 Å². The molecule has 0 saturated heterocycles. The highest BCUT2D eigenvalue weighted by atomic mass is 32.3. The Morgan fingerprint density at radius 3 is 2.27 bits per heavy atom. The molecule has 0 aliphatic carbocycles. The molecule has 0 bridgehead atoms. The molecule has 0 N–H and O–H groups in total. The monoisotopic (exact) mass is 233 g/mol. The van der Waals surface area contributed by atoms with Gasteiger partial charge in [0.2, 0.25) is 0 Å². The molecule has 6 nitrogen and oxygen atoms in total. The molecule has 0 radical (unpaired) electrons. The molecule has 0 amide bonds. The number of rotatable bonds is 4. The molecule has 0 saturated carbocycles. The highest BCUT2D eigenvalue weighted by Crippen LogP contribution is 2.31. The van der Waals surface area contributed by atoms with Gasteiger partial charge >= 0.3 is 0 Å². The molecule has 0 aliphatic heterocycles. The SMILES string of the molecule is COc1ccc(OS(=O)(=O)[O-])c(OC)c1. The highest BCUT2D eigenvalue weighted by molar-refractivity contribution is 7.81. The van der Waals surface area contributed by atoms with Gasteiger partial charge in [-0.3, -0.25) is 0 Å². The van der Waals surface area contributed by atoms with E-state index < -0.39 is 10.4 Å². The number of benzene rings is 1. The Labute approximate surface area is 87.3 Å². The molecule has 84 valence electrons. The third kappa shape index (κ3) is 3.30. The minimum Gasteiger partial charge on any atom is -0.716 e. The van der Waals surface area contributed by atoms with E-state index in [4.69, 9.17) is 9.47 Å². The van der Waals surface area contributed by atoms with Crippen LogP contribution in [0, 0.1) is 0 Å². The zero-order chi connectivity index (χ0) is 11.5. The van der Waals surface area contributed by atoms with Gasteiger partial charge in [-0.1, -0.05) is 0 Å². The summed E-state index contributed by atoms with van der Waals surface area (Å²) < 4.78 is 44.9. The maximum atomic E-state index is 10.4. The standard InChI is InChI=1S/C8H10O6S/c1-12-6-3-4-7(8(5-6)13-2)14-15(9,10)11/h3-5H,1-2H3,(H,9,10,11)/p-1. The summed E-state index contributed by atoms with van der Waals surface area (Å²) in [5.41, 5.74) is 0. The van der Waals surface area contributed by atoms with Crippen molar-refractivity contribution in [3.63, 3.8) is 0 Å². The van der Waals surface area contributed by atoms with Gasteiger partial charge in [-0.25, -0.2) is 8.42 Å². The van der Waals surface area contributed by atoms with Crippen molar-refractivity contribution in [1.82, 2.24) is 0 Å². The zero-order valence-electron chi connectivity index (χ0n) is 8.09. The van der Waals surface area contributed by atoms with Crippen LogP contribution in [0.4, 0.5) is 0 Å². The lowest BCUT2D eigenvalue weighted by atomic mass is 10.3. The molecule has 15 heavy (non-hydrogen) atoms. The van der Waals surface area contributed by atoms with Crippen molar-refractivity contribution in [3.8, 4) is 17.2 Å². The average molecular weight is 233 g/mol. The number of ether oxygens (including phenoxy) is 2. The number of hydrogen-bond acceptors (Lipinski definition) is 6. The molecular weight excluding hydrogens is 224 g/mol. The third-order valence-corrected chi connectivity index (χ3v) is 1.95. The molecular formula is C8H9O6S-. The summed E-state index contributed by atoms with van der Waals surface area (Å²) in [7, 11) is -2.04. The molecule has 0 aliphatic rings. The lowest BCUT2D eigenvalue weighted by Gasteiger charge is -2.12. The minimum atomic E-state index is -4.80. The van der Waals surface area contributed by atoms with Gasteiger partial charge in [0, 0.05) is 6.07 Å². The number of methoxy groups -OCH3 is 2. The Morgan fingerprint density at radius 1 is 1.13 bits per heavy atom. The van der Waals surface area contributed by atoms with Crippen molar-refractivity contribution in [2.45, 2.75) is 0 Å². The second kappa shape index (κ2) is 4.37. The topological polar surface area (TPSA) is 84.9 Å². The fourth-order valence-corrected chi connectivity index (χ4v) is 1.31. The van der Waals surface area contributed by atoms with E-state index in [0.29, 0.717) is 5.75 Å². The second-order valence-electron chi connectivity index (χ2n) is 2.51. The fourth-order valence-electron chi connectivity index (χ4n) is 0.954. The van der Waals surface area contributed by atoms with Crippen LogP contribution in [0.2, 0.25) is 0 Å². The third-order valence-electron chi connectivity index (χ3n) is 1.56. The van der Waals surface area contributed by atoms with E-state index in [-0.39, 0.29) is 11.5 Å². The molecule has 0 atom stereocenters. The largest absolute Gasteiger partial charge is 0.716 e. The van der Waals surface area contributed by atoms with E-state index in [1.54, 1.807) is 0 Å².